The maximum Gasteiger partial charge on any atom is 0.0940 e. The number of rotatable bonds is 4. The van der Waals surface area contributed by atoms with Gasteiger partial charge in [0.2, 0.25) is 0 Å². The first-order chi connectivity index (χ1) is 22.8. The van der Waals surface area contributed by atoms with Crippen molar-refractivity contribution in [2.24, 2.45) is 10.9 Å². The lowest BCUT2D eigenvalue weighted by Gasteiger charge is -2.23. The summed E-state index contributed by atoms with van der Waals surface area (Å²) in [5.74, 6) is 0.362. The third-order valence-electron chi connectivity index (χ3n) is 10.2. The Labute approximate surface area is 271 Å². The molecule has 0 bridgehead atoms. The Morgan fingerprint density at radius 3 is 2.17 bits per heavy atom. The monoisotopic (exact) mass is 603 g/mol. The minimum absolute atomic E-state index is 0.203. The standard InChI is InChI=1S/C44H29NS/c1-3-12-29(13-4-1)40-26-38(39-27-44(39,45-40)32-14-5-2-6-15-32)36-18-10-20-41-42(36)37-19-9-17-35(43(37)46-41)31-23-24-34-30(25-31)22-21-28-11-7-8-16-33(28)34/h1-26,39H,27H2. The molecular weight excluding hydrogens is 575 g/mol. The molecule has 46 heavy (non-hydrogen) atoms. The van der Waals surface area contributed by atoms with Crippen LogP contribution in [0.4, 0.5) is 0 Å². The molecule has 0 amide bonds. The minimum Gasteiger partial charge on any atom is -0.273 e. The molecule has 2 aliphatic rings. The lowest BCUT2D eigenvalue weighted by atomic mass is 9.88. The quantitative estimate of drug-likeness (QED) is 0.177. The Bertz CT molecular complexity index is 2560. The third-order valence-corrected chi connectivity index (χ3v) is 11.4. The Kier molecular flexibility index (Phi) is 5.56. The Morgan fingerprint density at radius 1 is 0.565 bits per heavy atom. The van der Waals surface area contributed by atoms with Gasteiger partial charge in [-0.25, -0.2) is 0 Å². The van der Waals surface area contributed by atoms with E-state index in [0.717, 1.165) is 12.1 Å². The van der Waals surface area contributed by atoms with Crippen LogP contribution in [-0.2, 0) is 5.54 Å². The highest BCUT2D eigenvalue weighted by atomic mass is 32.1. The summed E-state index contributed by atoms with van der Waals surface area (Å²) in [7, 11) is 0. The van der Waals surface area contributed by atoms with Crippen LogP contribution >= 0.6 is 11.3 Å². The van der Waals surface area contributed by atoms with Crippen LogP contribution in [-0.4, -0.2) is 5.71 Å². The maximum atomic E-state index is 5.47. The van der Waals surface area contributed by atoms with E-state index in [-0.39, 0.29) is 5.54 Å². The number of nitrogens with zero attached hydrogens (tertiary/aromatic N) is 1. The summed E-state index contributed by atoms with van der Waals surface area (Å²) >= 11 is 1.92. The van der Waals surface area contributed by atoms with Crippen molar-refractivity contribution in [2.75, 3.05) is 0 Å². The van der Waals surface area contributed by atoms with Crippen LogP contribution in [0.2, 0.25) is 0 Å². The van der Waals surface area contributed by atoms with Crippen LogP contribution < -0.4 is 0 Å². The van der Waals surface area contributed by atoms with Crippen molar-refractivity contribution < 1.29 is 0 Å². The molecule has 10 rings (SSSR count). The van der Waals surface area contributed by atoms with E-state index in [1.807, 2.05) is 11.3 Å². The highest BCUT2D eigenvalue weighted by Gasteiger charge is 2.59. The summed E-state index contributed by atoms with van der Waals surface area (Å²) in [6, 6.07) is 55.5. The molecule has 0 spiro atoms. The molecule has 0 saturated heterocycles. The average Bonchev–Trinajstić information content (AvgIpc) is 3.76. The number of hydrogen-bond donors (Lipinski definition) is 0. The molecule has 2 unspecified atom stereocenters. The van der Waals surface area contributed by atoms with Gasteiger partial charge in [-0.3, -0.25) is 4.99 Å². The van der Waals surface area contributed by atoms with E-state index in [9.17, 15) is 0 Å². The van der Waals surface area contributed by atoms with Crippen molar-refractivity contribution in [2.45, 2.75) is 12.0 Å². The summed E-state index contributed by atoms with van der Waals surface area (Å²) in [6.45, 7) is 0. The molecule has 1 fully saturated rings. The molecule has 8 aromatic rings. The van der Waals surface area contributed by atoms with Gasteiger partial charge in [0, 0.05) is 26.1 Å². The van der Waals surface area contributed by atoms with Crippen LogP contribution in [0.5, 0.6) is 0 Å². The maximum absolute atomic E-state index is 5.47. The fourth-order valence-electron chi connectivity index (χ4n) is 7.87. The molecule has 216 valence electrons. The van der Waals surface area contributed by atoms with Gasteiger partial charge in [-0.2, -0.15) is 0 Å². The second-order valence-corrected chi connectivity index (χ2v) is 13.7. The van der Waals surface area contributed by atoms with Crippen LogP contribution in [0.15, 0.2) is 163 Å². The molecule has 1 nitrogen and oxygen atoms in total. The Balaban J connectivity index is 1.16. The second kappa shape index (κ2) is 9.84. The molecule has 2 atom stereocenters. The van der Waals surface area contributed by atoms with Gasteiger partial charge in [0.1, 0.15) is 0 Å². The van der Waals surface area contributed by atoms with Gasteiger partial charge < -0.3 is 0 Å². The summed E-state index contributed by atoms with van der Waals surface area (Å²) in [6.07, 6.45) is 3.42. The second-order valence-electron chi connectivity index (χ2n) is 12.7. The first kappa shape index (κ1) is 26.0. The van der Waals surface area contributed by atoms with Crippen LogP contribution in [0.3, 0.4) is 0 Å². The summed E-state index contributed by atoms with van der Waals surface area (Å²) in [4.78, 5) is 5.47. The molecular formula is C44H29NS. The lowest BCUT2D eigenvalue weighted by molar-refractivity contribution is 0.700. The zero-order valence-corrected chi connectivity index (χ0v) is 26.0. The number of benzene rings is 7. The van der Waals surface area contributed by atoms with Gasteiger partial charge in [0.25, 0.3) is 0 Å². The highest BCUT2D eigenvalue weighted by Crippen LogP contribution is 2.64. The van der Waals surface area contributed by atoms with Crippen molar-refractivity contribution in [3.8, 4) is 11.1 Å². The van der Waals surface area contributed by atoms with E-state index in [1.165, 1.54) is 75.1 Å². The van der Waals surface area contributed by atoms with E-state index < -0.39 is 0 Å². The fourth-order valence-corrected chi connectivity index (χ4v) is 9.13. The molecule has 2 heteroatoms. The first-order valence-corrected chi connectivity index (χ1v) is 16.9. The topological polar surface area (TPSA) is 12.4 Å². The van der Waals surface area contributed by atoms with Crippen LogP contribution in [0.25, 0.3) is 58.4 Å². The largest absolute Gasteiger partial charge is 0.273 e. The predicted octanol–water partition coefficient (Wildman–Crippen LogP) is 11.8. The third kappa shape index (κ3) is 3.84. The number of thiophene rings is 1. The molecule has 0 radical (unpaired) electrons. The van der Waals surface area contributed by atoms with Gasteiger partial charge in [-0.15, -0.1) is 11.3 Å². The van der Waals surface area contributed by atoms with Crippen LogP contribution in [0, 0.1) is 5.92 Å². The smallest absolute Gasteiger partial charge is 0.0940 e. The normalized spacial score (nSPS) is 18.9. The van der Waals surface area contributed by atoms with Gasteiger partial charge >= 0.3 is 0 Å². The van der Waals surface area contributed by atoms with Crippen molar-refractivity contribution in [1.29, 1.82) is 0 Å². The van der Waals surface area contributed by atoms with E-state index >= 15 is 0 Å². The summed E-state index contributed by atoms with van der Waals surface area (Å²) in [5, 5.41) is 7.88. The molecule has 2 heterocycles. The number of allylic oxidation sites excluding steroid dienone is 1. The SMILES string of the molecule is C1=C(c2cccc3sc4c(-c5ccc6c(ccc7ccccc76)c5)cccc4c23)C2CC2(c2ccccc2)N=C1c1ccccc1. The van der Waals surface area contributed by atoms with E-state index in [2.05, 4.69) is 158 Å². The van der Waals surface area contributed by atoms with Crippen molar-refractivity contribution >= 4 is 64.3 Å². The number of fused-ring (bicyclic) bond motifs is 7. The molecule has 0 N–H and O–H groups in total. The highest BCUT2D eigenvalue weighted by molar-refractivity contribution is 7.26. The molecule has 1 aliphatic heterocycles. The van der Waals surface area contributed by atoms with Gasteiger partial charge in [0.15, 0.2) is 0 Å². The molecule has 1 aromatic heterocycles. The van der Waals surface area contributed by atoms with E-state index in [1.54, 1.807) is 0 Å². The molecule has 1 saturated carbocycles. The van der Waals surface area contributed by atoms with Gasteiger partial charge in [-0.1, -0.05) is 140 Å². The summed E-state index contributed by atoms with van der Waals surface area (Å²) in [5.41, 5.74) is 8.68. The number of hydrogen-bond acceptors (Lipinski definition) is 2. The van der Waals surface area contributed by atoms with Crippen molar-refractivity contribution in [1.82, 2.24) is 0 Å². The molecule has 1 aliphatic carbocycles. The number of aliphatic imine (C=N–C) groups is 1. The van der Waals surface area contributed by atoms with E-state index in [4.69, 9.17) is 4.99 Å². The van der Waals surface area contributed by atoms with Crippen LogP contribution in [0.1, 0.15) is 23.1 Å². The summed E-state index contributed by atoms with van der Waals surface area (Å²) < 4.78 is 2.69. The molecule has 7 aromatic carbocycles. The zero-order valence-electron chi connectivity index (χ0n) is 25.2. The Morgan fingerprint density at radius 2 is 1.28 bits per heavy atom. The zero-order chi connectivity index (χ0) is 30.2. The van der Waals surface area contributed by atoms with Crippen molar-refractivity contribution in [3.63, 3.8) is 0 Å². The lowest BCUT2D eigenvalue weighted by Crippen LogP contribution is -2.17. The Hall–Kier alpha value is -5.31. The average molecular weight is 604 g/mol. The predicted molar refractivity (Wildman–Crippen MR) is 197 cm³/mol. The van der Waals surface area contributed by atoms with Gasteiger partial charge in [0.05, 0.1) is 11.3 Å². The van der Waals surface area contributed by atoms with Gasteiger partial charge in [-0.05, 0) is 79.6 Å². The first-order valence-electron chi connectivity index (χ1n) is 16.1. The van der Waals surface area contributed by atoms with Crippen molar-refractivity contribution in [3.05, 3.63) is 174 Å². The number of dihydropyridines is 1. The fraction of sp³-hybridized carbons (Fsp3) is 0.0682. The van der Waals surface area contributed by atoms with E-state index in [0.29, 0.717) is 5.92 Å². The minimum atomic E-state index is -0.203.